The van der Waals surface area contributed by atoms with Crippen molar-refractivity contribution in [1.29, 1.82) is 0 Å². The number of aromatic nitrogens is 3. The number of carbonyl (C=O) groups is 1. The summed E-state index contributed by atoms with van der Waals surface area (Å²) >= 11 is 6.05. The van der Waals surface area contributed by atoms with Gasteiger partial charge in [0.1, 0.15) is 18.8 Å². The van der Waals surface area contributed by atoms with Crippen LogP contribution in [0, 0.1) is 0 Å². The van der Waals surface area contributed by atoms with Gasteiger partial charge in [-0.15, -0.1) is 0 Å². The van der Waals surface area contributed by atoms with Crippen molar-refractivity contribution in [2.24, 2.45) is 0 Å². The molecule has 1 saturated heterocycles. The van der Waals surface area contributed by atoms with Crippen LogP contribution >= 0.6 is 11.6 Å². The number of halogens is 1. The maximum Gasteiger partial charge on any atom is 0.224 e. The average Bonchev–Trinajstić information content (AvgIpc) is 3.06. The molecule has 1 aliphatic heterocycles. The zero-order chi connectivity index (χ0) is 16.2. The fourth-order valence-electron chi connectivity index (χ4n) is 2.71. The van der Waals surface area contributed by atoms with Gasteiger partial charge in [0.05, 0.1) is 25.7 Å². The Bertz CT molecular complexity index is 662. The third-order valence-electron chi connectivity index (χ3n) is 4.00. The fourth-order valence-corrected chi connectivity index (χ4v) is 2.91. The van der Waals surface area contributed by atoms with Gasteiger partial charge in [-0.25, -0.2) is 4.98 Å². The van der Waals surface area contributed by atoms with Crippen molar-refractivity contribution in [3.63, 3.8) is 0 Å². The van der Waals surface area contributed by atoms with Crippen molar-refractivity contribution < 1.29 is 9.53 Å². The van der Waals surface area contributed by atoms with Gasteiger partial charge in [0.15, 0.2) is 0 Å². The Balaban J connectivity index is 1.64. The predicted molar refractivity (Wildman–Crippen MR) is 86.0 cm³/mol. The smallest absolute Gasteiger partial charge is 0.224 e. The van der Waals surface area contributed by atoms with Crippen molar-refractivity contribution in [2.75, 3.05) is 13.2 Å². The lowest BCUT2D eigenvalue weighted by atomic mass is 10.1. The molecule has 23 heavy (non-hydrogen) atoms. The van der Waals surface area contributed by atoms with Crippen LogP contribution in [0.2, 0.25) is 5.02 Å². The van der Waals surface area contributed by atoms with Crippen LogP contribution in [0.1, 0.15) is 25.0 Å². The predicted octanol–water partition coefficient (Wildman–Crippen LogP) is 2.31. The van der Waals surface area contributed by atoms with Gasteiger partial charge in [-0.2, -0.15) is 5.10 Å². The van der Waals surface area contributed by atoms with E-state index in [1.165, 1.54) is 6.33 Å². The average molecular weight is 335 g/mol. The summed E-state index contributed by atoms with van der Waals surface area (Å²) in [5, 5.41) is 4.69. The maximum atomic E-state index is 12.5. The molecule has 122 valence electrons. The fraction of sp³-hybridized carbons (Fsp3) is 0.438. The first kappa shape index (κ1) is 16.0. The molecule has 1 aliphatic rings. The molecule has 1 fully saturated rings. The Morgan fingerprint density at radius 3 is 3.09 bits per heavy atom. The summed E-state index contributed by atoms with van der Waals surface area (Å²) in [5.74, 6) is 0.100. The van der Waals surface area contributed by atoms with Crippen LogP contribution < -0.4 is 0 Å². The summed E-state index contributed by atoms with van der Waals surface area (Å²) in [6.07, 6.45) is 3.35. The minimum absolute atomic E-state index is 0.0636. The largest absolute Gasteiger partial charge is 0.370 e. The minimum atomic E-state index is -0.139. The number of aryl methyl sites for hydroxylation is 1. The Morgan fingerprint density at radius 1 is 1.48 bits per heavy atom. The highest BCUT2D eigenvalue weighted by Crippen LogP contribution is 2.27. The van der Waals surface area contributed by atoms with Crippen molar-refractivity contribution in [2.45, 2.75) is 32.0 Å². The normalized spacial score (nSPS) is 21.4. The molecule has 2 atom stereocenters. The van der Waals surface area contributed by atoms with E-state index >= 15 is 0 Å². The summed E-state index contributed by atoms with van der Waals surface area (Å²) in [6, 6.07) is 7.66. The minimum Gasteiger partial charge on any atom is -0.370 e. The highest BCUT2D eigenvalue weighted by Gasteiger charge is 2.30. The van der Waals surface area contributed by atoms with Gasteiger partial charge in [0, 0.05) is 11.4 Å². The van der Waals surface area contributed by atoms with Gasteiger partial charge in [-0.3, -0.25) is 9.48 Å². The molecule has 6 nitrogen and oxygen atoms in total. The zero-order valence-electron chi connectivity index (χ0n) is 12.9. The van der Waals surface area contributed by atoms with Gasteiger partial charge in [0.25, 0.3) is 0 Å². The van der Waals surface area contributed by atoms with Crippen LogP contribution in [0.15, 0.2) is 36.9 Å². The highest BCUT2D eigenvalue weighted by molar-refractivity contribution is 6.30. The SMILES string of the molecule is CC1COC(c2cccc(Cl)c2)CN1C(=O)CCn1cncn1. The topological polar surface area (TPSA) is 60.2 Å². The summed E-state index contributed by atoms with van der Waals surface area (Å²) in [4.78, 5) is 18.3. The number of amides is 1. The molecule has 2 unspecified atom stereocenters. The molecule has 1 aromatic carbocycles. The molecule has 7 heteroatoms. The van der Waals surface area contributed by atoms with Crippen molar-refractivity contribution >= 4 is 17.5 Å². The summed E-state index contributed by atoms with van der Waals surface area (Å²) in [5.41, 5.74) is 0.999. The van der Waals surface area contributed by atoms with E-state index in [2.05, 4.69) is 10.1 Å². The van der Waals surface area contributed by atoms with E-state index in [1.54, 1.807) is 11.0 Å². The van der Waals surface area contributed by atoms with E-state index < -0.39 is 0 Å². The molecule has 1 aromatic heterocycles. The quantitative estimate of drug-likeness (QED) is 0.861. The van der Waals surface area contributed by atoms with E-state index in [4.69, 9.17) is 16.3 Å². The number of benzene rings is 1. The lowest BCUT2D eigenvalue weighted by molar-refractivity contribution is -0.144. The van der Waals surface area contributed by atoms with E-state index in [0.717, 1.165) is 5.56 Å². The third kappa shape index (κ3) is 3.89. The standard InChI is InChI=1S/C16H19ClN4O2/c1-12-9-23-15(13-3-2-4-14(17)7-13)8-21(12)16(22)5-6-20-11-18-10-19-20/h2-4,7,10-12,15H,5-6,8-9H2,1H3. The highest BCUT2D eigenvalue weighted by atomic mass is 35.5. The van der Waals surface area contributed by atoms with Crippen LogP contribution in [0.25, 0.3) is 0 Å². The zero-order valence-corrected chi connectivity index (χ0v) is 13.7. The van der Waals surface area contributed by atoms with Crippen LogP contribution in [-0.2, 0) is 16.1 Å². The Labute approximate surface area is 140 Å². The van der Waals surface area contributed by atoms with Crippen LogP contribution in [0.3, 0.4) is 0 Å². The number of nitrogens with zero attached hydrogens (tertiary/aromatic N) is 4. The summed E-state index contributed by atoms with van der Waals surface area (Å²) < 4.78 is 7.55. The molecule has 0 N–H and O–H groups in total. The molecule has 2 aromatic rings. The third-order valence-corrected chi connectivity index (χ3v) is 4.23. The molecule has 1 amide bonds. The molecule has 0 aliphatic carbocycles. The molecule has 3 rings (SSSR count). The van der Waals surface area contributed by atoms with Crippen LogP contribution in [-0.4, -0.2) is 44.8 Å². The molecule has 0 spiro atoms. The van der Waals surface area contributed by atoms with Crippen LogP contribution in [0.4, 0.5) is 0 Å². The van der Waals surface area contributed by atoms with Gasteiger partial charge in [-0.05, 0) is 24.6 Å². The molecular weight excluding hydrogens is 316 g/mol. The maximum absolute atomic E-state index is 12.5. The summed E-state index contributed by atoms with van der Waals surface area (Å²) in [7, 11) is 0. The molecular formula is C16H19ClN4O2. The van der Waals surface area contributed by atoms with Crippen LogP contribution in [0.5, 0.6) is 0 Å². The van der Waals surface area contributed by atoms with E-state index in [1.807, 2.05) is 36.1 Å². The van der Waals surface area contributed by atoms with Crippen molar-refractivity contribution in [3.8, 4) is 0 Å². The van der Waals surface area contributed by atoms with Gasteiger partial charge in [-0.1, -0.05) is 23.7 Å². The Kier molecular flexibility index (Phi) is 4.93. The first-order valence-corrected chi connectivity index (χ1v) is 8.00. The molecule has 0 radical (unpaired) electrons. The second-order valence-corrected chi connectivity index (χ2v) is 6.12. The molecule has 0 bridgehead atoms. The number of hydrogen-bond donors (Lipinski definition) is 0. The molecule has 2 heterocycles. The Morgan fingerprint density at radius 2 is 2.35 bits per heavy atom. The first-order chi connectivity index (χ1) is 11.1. The van der Waals surface area contributed by atoms with E-state index in [-0.39, 0.29) is 18.1 Å². The first-order valence-electron chi connectivity index (χ1n) is 7.62. The lowest BCUT2D eigenvalue weighted by Gasteiger charge is -2.38. The summed E-state index contributed by atoms with van der Waals surface area (Å²) in [6.45, 7) is 3.59. The molecule has 0 saturated carbocycles. The number of ether oxygens (including phenoxy) is 1. The number of morpholine rings is 1. The lowest BCUT2D eigenvalue weighted by Crippen LogP contribution is -2.48. The van der Waals surface area contributed by atoms with Gasteiger partial charge >= 0.3 is 0 Å². The number of rotatable bonds is 4. The number of hydrogen-bond acceptors (Lipinski definition) is 4. The van der Waals surface area contributed by atoms with Crippen molar-refractivity contribution in [1.82, 2.24) is 19.7 Å². The van der Waals surface area contributed by atoms with E-state index in [9.17, 15) is 4.79 Å². The van der Waals surface area contributed by atoms with Gasteiger partial charge < -0.3 is 9.64 Å². The second-order valence-electron chi connectivity index (χ2n) is 5.68. The van der Waals surface area contributed by atoms with E-state index in [0.29, 0.717) is 31.1 Å². The monoisotopic (exact) mass is 334 g/mol. The Hall–Kier alpha value is -1.92. The number of carbonyl (C=O) groups excluding carboxylic acids is 1. The van der Waals surface area contributed by atoms with Gasteiger partial charge in [0.2, 0.25) is 5.91 Å². The second kappa shape index (κ2) is 7.10. The van der Waals surface area contributed by atoms with Crippen molar-refractivity contribution in [3.05, 3.63) is 47.5 Å².